The van der Waals surface area contributed by atoms with Gasteiger partial charge in [0, 0.05) is 31.4 Å². The molecule has 1 aromatic heterocycles. The average Bonchev–Trinajstić information content (AvgIpc) is 2.66. The highest BCUT2D eigenvalue weighted by Crippen LogP contribution is 2.32. The predicted octanol–water partition coefficient (Wildman–Crippen LogP) is 2.23. The van der Waals surface area contributed by atoms with Crippen molar-refractivity contribution in [2.24, 2.45) is 5.92 Å². The van der Waals surface area contributed by atoms with Crippen LogP contribution in [0.1, 0.15) is 16.8 Å². The average molecular weight is 324 g/mol. The zero-order valence-electron chi connectivity index (χ0n) is 13.7. The highest BCUT2D eigenvalue weighted by Gasteiger charge is 2.31. The summed E-state index contributed by atoms with van der Waals surface area (Å²) in [6, 6.07) is 9.75. The monoisotopic (exact) mass is 324 g/mol. The van der Waals surface area contributed by atoms with Crippen molar-refractivity contribution < 1.29 is 14.3 Å². The fraction of sp³-hybridized carbons (Fsp3) is 0.368. The van der Waals surface area contributed by atoms with E-state index in [1.807, 2.05) is 35.4 Å². The number of hydrogen-bond donors (Lipinski definition) is 0. The van der Waals surface area contributed by atoms with Crippen molar-refractivity contribution in [2.45, 2.75) is 19.4 Å². The van der Waals surface area contributed by atoms with E-state index in [0.29, 0.717) is 19.6 Å². The topological polar surface area (TPSA) is 51.7 Å². The number of nitrogens with zero attached hydrogens (tertiary/aromatic N) is 2. The van der Waals surface area contributed by atoms with Crippen LogP contribution in [0.15, 0.2) is 36.5 Å². The minimum absolute atomic E-state index is 0.136. The summed E-state index contributed by atoms with van der Waals surface area (Å²) >= 11 is 0. The second-order valence-electron chi connectivity index (χ2n) is 6.30. The Labute approximate surface area is 141 Å². The molecule has 2 aromatic rings. The lowest BCUT2D eigenvalue weighted by Crippen LogP contribution is -2.43. The summed E-state index contributed by atoms with van der Waals surface area (Å²) < 4.78 is 11.1. The van der Waals surface area contributed by atoms with Gasteiger partial charge in [0.1, 0.15) is 18.1 Å². The van der Waals surface area contributed by atoms with E-state index in [-0.39, 0.29) is 11.8 Å². The summed E-state index contributed by atoms with van der Waals surface area (Å²) in [5.41, 5.74) is 3.30. The Balaban J connectivity index is 1.50. The summed E-state index contributed by atoms with van der Waals surface area (Å²) in [6.45, 7) is 1.81. The molecule has 0 aliphatic carbocycles. The summed E-state index contributed by atoms with van der Waals surface area (Å²) in [5.74, 6) is 1.68. The number of carbonyl (C=O) groups is 1. The van der Waals surface area contributed by atoms with Gasteiger partial charge in [0.15, 0.2) is 0 Å². The van der Waals surface area contributed by atoms with Crippen molar-refractivity contribution in [1.29, 1.82) is 0 Å². The Morgan fingerprint density at radius 2 is 2.25 bits per heavy atom. The smallest absolute Gasteiger partial charge is 0.229 e. The van der Waals surface area contributed by atoms with Crippen molar-refractivity contribution in [2.75, 3.05) is 20.3 Å². The number of benzene rings is 1. The minimum Gasteiger partial charge on any atom is -0.497 e. The molecule has 1 unspecified atom stereocenters. The largest absolute Gasteiger partial charge is 0.497 e. The minimum atomic E-state index is -0.136. The van der Waals surface area contributed by atoms with Crippen molar-refractivity contribution in [3.63, 3.8) is 0 Å². The molecule has 24 heavy (non-hydrogen) atoms. The molecule has 0 N–H and O–H groups in total. The Kier molecular flexibility index (Phi) is 3.84. The van der Waals surface area contributed by atoms with E-state index in [2.05, 4.69) is 11.1 Å². The zero-order valence-corrected chi connectivity index (χ0v) is 13.7. The van der Waals surface area contributed by atoms with Crippen LogP contribution >= 0.6 is 0 Å². The number of carbonyl (C=O) groups excluding carboxylic acids is 1. The predicted molar refractivity (Wildman–Crippen MR) is 89.0 cm³/mol. The van der Waals surface area contributed by atoms with Crippen LogP contribution in [0.25, 0.3) is 0 Å². The number of pyridine rings is 1. The van der Waals surface area contributed by atoms with Crippen molar-refractivity contribution in [1.82, 2.24) is 9.88 Å². The Morgan fingerprint density at radius 3 is 3.12 bits per heavy atom. The number of rotatable bonds is 2. The third-order valence-corrected chi connectivity index (χ3v) is 4.80. The van der Waals surface area contributed by atoms with Gasteiger partial charge in [-0.2, -0.15) is 0 Å². The van der Waals surface area contributed by atoms with Gasteiger partial charge in [0.05, 0.1) is 13.0 Å². The molecule has 1 amide bonds. The molecular formula is C19H20N2O3. The molecule has 2 aliphatic rings. The lowest BCUT2D eigenvalue weighted by Gasteiger charge is -2.33. The van der Waals surface area contributed by atoms with Gasteiger partial charge in [-0.25, -0.2) is 0 Å². The highest BCUT2D eigenvalue weighted by molar-refractivity contribution is 5.80. The van der Waals surface area contributed by atoms with E-state index >= 15 is 0 Å². The first kappa shape index (κ1) is 15.0. The summed E-state index contributed by atoms with van der Waals surface area (Å²) in [5, 5.41) is 0. The number of hydrogen-bond acceptors (Lipinski definition) is 4. The maximum atomic E-state index is 12.9. The van der Waals surface area contributed by atoms with Crippen molar-refractivity contribution >= 4 is 5.91 Å². The van der Waals surface area contributed by atoms with Crippen LogP contribution in [0, 0.1) is 5.92 Å². The number of fused-ring (bicyclic) bond motifs is 2. The van der Waals surface area contributed by atoms with Crippen LogP contribution in [0.4, 0.5) is 0 Å². The van der Waals surface area contributed by atoms with Gasteiger partial charge < -0.3 is 14.4 Å². The lowest BCUT2D eigenvalue weighted by molar-refractivity contribution is -0.137. The van der Waals surface area contributed by atoms with Crippen LogP contribution < -0.4 is 9.47 Å². The molecule has 1 atom stereocenters. The second-order valence-corrected chi connectivity index (χ2v) is 6.30. The number of amides is 1. The first-order chi connectivity index (χ1) is 11.7. The molecule has 124 valence electrons. The molecule has 0 fully saturated rings. The van der Waals surface area contributed by atoms with Gasteiger partial charge in [-0.3, -0.25) is 9.78 Å². The molecule has 2 aliphatic heterocycles. The van der Waals surface area contributed by atoms with Gasteiger partial charge in [0.25, 0.3) is 0 Å². The highest BCUT2D eigenvalue weighted by atomic mass is 16.5. The van der Waals surface area contributed by atoms with E-state index < -0.39 is 0 Å². The van der Waals surface area contributed by atoms with Crippen LogP contribution in [0.2, 0.25) is 0 Å². The number of methoxy groups -OCH3 is 1. The number of ether oxygens (including phenoxy) is 2. The molecule has 3 heterocycles. The first-order valence-corrected chi connectivity index (χ1v) is 8.26. The van der Waals surface area contributed by atoms with Gasteiger partial charge in [0.2, 0.25) is 5.91 Å². The van der Waals surface area contributed by atoms with Crippen LogP contribution in [-0.2, 0) is 24.2 Å². The molecule has 0 saturated heterocycles. The third kappa shape index (κ3) is 2.70. The van der Waals surface area contributed by atoms with Gasteiger partial charge in [-0.1, -0.05) is 6.07 Å². The van der Waals surface area contributed by atoms with Crippen molar-refractivity contribution in [3.8, 4) is 11.5 Å². The standard InChI is InChI=1S/C19H20N2O3/c1-23-16-4-5-18-14(10-16)9-15(12-24-18)19(22)21-8-6-17-13(11-21)3-2-7-20-17/h2-5,7,10,15H,6,8-9,11-12H2,1H3. The molecule has 5 nitrogen and oxygen atoms in total. The fourth-order valence-electron chi connectivity index (χ4n) is 3.47. The molecule has 0 saturated carbocycles. The molecule has 5 heteroatoms. The van der Waals surface area contributed by atoms with Gasteiger partial charge in [-0.15, -0.1) is 0 Å². The van der Waals surface area contributed by atoms with Crippen molar-refractivity contribution in [3.05, 3.63) is 53.3 Å². The second kappa shape index (κ2) is 6.15. The third-order valence-electron chi connectivity index (χ3n) is 4.80. The SMILES string of the molecule is COc1ccc2c(c1)CC(C(=O)N1CCc3ncccc3C1)CO2. The Hall–Kier alpha value is -2.56. The summed E-state index contributed by atoms with van der Waals surface area (Å²) in [4.78, 5) is 19.3. The van der Waals surface area contributed by atoms with E-state index in [0.717, 1.165) is 41.3 Å². The fourth-order valence-corrected chi connectivity index (χ4v) is 3.47. The molecule has 0 spiro atoms. The molecule has 0 bridgehead atoms. The first-order valence-electron chi connectivity index (χ1n) is 8.26. The number of aromatic nitrogens is 1. The molecule has 1 aromatic carbocycles. The lowest BCUT2D eigenvalue weighted by atomic mass is 9.94. The maximum absolute atomic E-state index is 12.9. The Bertz CT molecular complexity index is 775. The summed E-state index contributed by atoms with van der Waals surface area (Å²) in [6.07, 6.45) is 3.33. The molecule has 0 radical (unpaired) electrons. The van der Waals surface area contributed by atoms with E-state index in [1.54, 1.807) is 7.11 Å². The molecular weight excluding hydrogens is 304 g/mol. The van der Waals surface area contributed by atoms with Gasteiger partial charge in [-0.05, 0) is 41.8 Å². The Morgan fingerprint density at radius 1 is 1.33 bits per heavy atom. The summed E-state index contributed by atoms with van der Waals surface area (Å²) in [7, 11) is 1.65. The van der Waals surface area contributed by atoms with Gasteiger partial charge >= 0.3 is 0 Å². The maximum Gasteiger partial charge on any atom is 0.229 e. The van der Waals surface area contributed by atoms with Crippen LogP contribution in [-0.4, -0.2) is 36.1 Å². The normalized spacial score (nSPS) is 19.0. The van der Waals surface area contributed by atoms with Crippen LogP contribution in [0.3, 0.4) is 0 Å². The quantitative estimate of drug-likeness (QED) is 0.850. The van der Waals surface area contributed by atoms with E-state index in [9.17, 15) is 4.79 Å². The van der Waals surface area contributed by atoms with Crippen LogP contribution in [0.5, 0.6) is 11.5 Å². The van der Waals surface area contributed by atoms with E-state index in [4.69, 9.17) is 9.47 Å². The van der Waals surface area contributed by atoms with E-state index in [1.165, 1.54) is 0 Å². The molecule has 4 rings (SSSR count). The zero-order chi connectivity index (χ0) is 16.5.